The van der Waals surface area contributed by atoms with E-state index in [1.54, 1.807) is 13.8 Å². The van der Waals surface area contributed by atoms with Crippen molar-refractivity contribution in [1.29, 1.82) is 0 Å². The minimum atomic E-state index is -0.571. The lowest BCUT2D eigenvalue weighted by atomic mass is 10.1. The van der Waals surface area contributed by atoms with Crippen molar-refractivity contribution in [2.75, 3.05) is 0 Å². The summed E-state index contributed by atoms with van der Waals surface area (Å²) in [6.07, 6.45) is 0.923. The number of ether oxygens (including phenoxy) is 2. The highest BCUT2D eigenvalue weighted by Crippen LogP contribution is 2.19. The van der Waals surface area contributed by atoms with Crippen LogP contribution in [0.1, 0.15) is 61.3 Å². The third kappa shape index (κ3) is 5.10. The van der Waals surface area contributed by atoms with Crippen LogP contribution in [0.5, 0.6) is 5.75 Å². The molecule has 2 unspecified atom stereocenters. The topological polar surface area (TPSA) is 72.8 Å². The molecule has 0 saturated heterocycles. The van der Waals surface area contributed by atoms with Gasteiger partial charge in [0.2, 0.25) is 0 Å². The predicted molar refractivity (Wildman–Crippen MR) is 78.4 cm³/mol. The Kier molecular flexibility index (Phi) is 6.21. The molecule has 0 bridgehead atoms. The van der Waals surface area contributed by atoms with Crippen LogP contribution in [0.2, 0.25) is 0 Å². The van der Waals surface area contributed by atoms with E-state index >= 15 is 0 Å². The smallest absolute Gasteiger partial charge is 0.338 e. The van der Waals surface area contributed by atoms with Gasteiger partial charge in [0.15, 0.2) is 0 Å². The largest absolute Gasteiger partial charge is 0.508 e. The third-order valence-electron chi connectivity index (χ3n) is 3.16. The van der Waals surface area contributed by atoms with Crippen molar-refractivity contribution in [3.8, 4) is 5.75 Å². The highest BCUT2D eigenvalue weighted by molar-refractivity contribution is 5.96. The van der Waals surface area contributed by atoms with Crippen molar-refractivity contribution in [3.63, 3.8) is 0 Å². The second kappa shape index (κ2) is 7.67. The molecular weight excluding hydrogens is 272 g/mol. The molecule has 0 aliphatic heterocycles. The lowest BCUT2D eigenvalue weighted by molar-refractivity contribution is 0.0332. The zero-order chi connectivity index (χ0) is 16.0. The number of esters is 2. The molecule has 0 radical (unpaired) electrons. The summed E-state index contributed by atoms with van der Waals surface area (Å²) in [7, 11) is 0. The van der Waals surface area contributed by atoms with E-state index in [2.05, 4.69) is 0 Å². The second-order valence-electron chi connectivity index (χ2n) is 5.02. The maximum atomic E-state index is 11.9. The molecule has 0 aliphatic carbocycles. The van der Waals surface area contributed by atoms with Gasteiger partial charge >= 0.3 is 11.9 Å². The maximum Gasteiger partial charge on any atom is 0.338 e. The predicted octanol–water partition coefficient (Wildman–Crippen LogP) is 3.30. The first-order chi connectivity index (χ1) is 9.87. The molecule has 1 aromatic carbocycles. The molecule has 2 atom stereocenters. The van der Waals surface area contributed by atoms with Crippen LogP contribution in [0.25, 0.3) is 0 Å². The number of phenolic OH excluding ortho intramolecular Hbond substituents is 1. The second-order valence-corrected chi connectivity index (χ2v) is 5.02. The standard InChI is InChI=1S/C16H22O5/c1-5-10(3)20-15(18)12-7-13(9-14(17)8-12)16(19)21-11(4)6-2/h7-11,17H,5-6H2,1-4H3. The van der Waals surface area contributed by atoms with Gasteiger partial charge in [-0.25, -0.2) is 9.59 Å². The summed E-state index contributed by atoms with van der Waals surface area (Å²) in [6, 6.07) is 3.91. The Morgan fingerprint density at radius 1 is 0.952 bits per heavy atom. The van der Waals surface area contributed by atoms with Gasteiger partial charge in [-0.1, -0.05) is 13.8 Å². The Morgan fingerprint density at radius 2 is 1.33 bits per heavy atom. The summed E-state index contributed by atoms with van der Waals surface area (Å²) in [4.78, 5) is 23.9. The number of benzene rings is 1. The molecule has 1 rings (SSSR count). The normalized spacial score (nSPS) is 13.3. The molecule has 1 N–H and O–H groups in total. The maximum absolute atomic E-state index is 11.9. The first-order valence-electron chi connectivity index (χ1n) is 7.13. The van der Waals surface area contributed by atoms with Gasteiger partial charge in [0, 0.05) is 0 Å². The zero-order valence-corrected chi connectivity index (χ0v) is 12.9. The van der Waals surface area contributed by atoms with Crippen molar-refractivity contribution < 1.29 is 24.2 Å². The summed E-state index contributed by atoms with van der Waals surface area (Å²) in [5.74, 6) is -1.32. The molecule has 116 valence electrons. The van der Waals surface area contributed by atoms with Gasteiger partial charge in [0.1, 0.15) is 5.75 Å². The zero-order valence-electron chi connectivity index (χ0n) is 12.9. The lowest BCUT2D eigenvalue weighted by Gasteiger charge is -2.13. The third-order valence-corrected chi connectivity index (χ3v) is 3.16. The van der Waals surface area contributed by atoms with E-state index in [1.165, 1.54) is 18.2 Å². The molecule has 5 nitrogen and oxygen atoms in total. The summed E-state index contributed by atoms with van der Waals surface area (Å²) < 4.78 is 10.4. The van der Waals surface area contributed by atoms with Crippen LogP contribution in [-0.2, 0) is 9.47 Å². The lowest BCUT2D eigenvalue weighted by Crippen LogP contribution is -2.16. The van der Waals surface area contributed by atoms with E-state index in [4.69, 9.17) is 9.47 Å². The van der Waals surface area contributed by atoms with E-state index < -0.39 is 11.9 Å². The monoisotopic (exact) mass is 294 g/mol. The number of carbonyl (C=O) groups is 2. The molecular formula is C16H22O5. The van der Waals surface area contributed by atoms with E-state index in [9.17, 15) is 14.7 Å². The van der Waals surface area contributed by atoms with E-state index in [1.807, 2.05) is 13.8 Å². The average molecular weight is 294 g/mol. The Labute approximate surface area is 124 Å². The molecule has 0 aliphatic rings. The highest BCUT2D eigenvalue weighted by Gasteiger charge is 2.17. The van der Waals surface area contributed by atoms with Gasteiger partial charge in [-0.15, -0.1) is 0 Å². The van der Waals surface area contributed by atoms with E-state index in [-0.39, 0.29) is 29.1 Å². The Hall–Kier alpha value is -2.04. The molecule has 5 heteroatoms. The molecule has 0 heterocycles. The van der Waals surface area contributed by atoms with Gasteiger partial charge in [0.05, 0.1) is 23.3 Å². The Balaban J connectivity index is 2.94. The number of phenols is 1. The van der Waals surface area contributed by atoms with Crippen LogP contribution in [0.15, 0.2) is 18.2 Å². The fraction of sp³-hybridized carbons (Fsp3) is 0.500. The summed E-state index contributed by atoms with van der Waals surface area (Å²) >= 11 is 0. The molecule has 1 aromatic rings. The molecule has 0 fully saturated rings. The molecule has 0 spiro atoms. The average Bonchev–Trinajstić information content (AvgIpc) is 2.45. The van der Waals surface area contributed by atoms with Crippen LogP contribution in [0.4, 0.5) is 0 Å². The van der Waals surface area contributed by atoms with Crippen LogP contribution >= 0.6 is 0 Å². The van der Waals surface area contributed by atoms with Gasteiger partial charge < -0.3 is 14.6 Å². The van der Waals surface area contributed by atoms with Crippen LogP contribution in [0, 0.1) is 0 Å². The minimum absolute atomic E-state index is 0.131. The van der Waals surface area contributed by atoms with Crippen molar-refractivity contribution >= 4 is 11.9 Å². The highest BCUT2D eigenvalue weighted by atomic mass is 16.5. The number of carbonyl (C=O) groups excluding carboxylic acids is 2. The molecule has 21 heavy (non-hydrogen) atoms. The molecule has 0 amide bonds. The number of hydrogen-bond acceptors (Lipinski definition) is 5. The van der Waals surface area contributed by atoms with Crippen molar-refractivity contribution in [2.24, 2.45) is 0 Å². The van der Waals surface area contributed by atoms with E-state index in [0.29, 0.717) is 12.8 Å². The van der Waals surface area contributed by atoms with Crippen molar-refractivity contribution in [3.05, 3.63) is 29.3 Å². The van der Waals surface area contributed by atoms with Crippen molar-refractivity contribution in [2.45, 2.75) is 52.7 Å². The van der Waals surface area contributed by atoms with Gasteiger partial charge in [0.25, 0.3) is 0 Å². The molecule has 0 saturated carbocycles. The number of hydrogen-bond donors (Lipinski definition) is 1. The Morgan fingerprint density at radius 3 is 1.67 bits per heavy atom. The van der Waals surface area contributed by atoms with Crippen molar-refractivity contribution in [1.82, 2.24) is 0 Å². The minimum Gasteiger partial charge on any atom is -0.508 e. The van der Waals surface area contributed by atoms with Crippen LogP contribution < -0.4 is 0 Å². The van der Waals surface area contributed by atoms with Crippen LogP contribution in [-0.4, -0.2) is 29.3 Å². The van der Waals surface area contributed by atoms with E-state index in [0.717, 1.165) is 0 Å². The van der Waals surface area contributed by atoms with Gasteiger partial charge in [-0.2, -0.15) is 0 Å². The van der Waals surface area contributed by atoms with Gasteiger partial charge in [-0.3, -0.25) is 0 Å². The summed E-state index contributed by atoms with van der Waals surface area (Å²) in [6.45, 7) is 7.35. The first-order valence-corrected chi connectivity index (χ1v) is 7.13. The quantitative estimate of drug-likeness (QED) is 0.815. The number of aromatic hydroxyl groups is 1. The Bertz CT molecular complexity index is 467. The number of rotatable bonds is 6. The van der Waals surface area contributed by atoms with Gasteiger partial charge in [-0.05, 0) is 44.9 Å². The summed E-state index contributed by atoms with van der Waals surface area (Å²) in [5.41, 5.74) is 0.262. The fourth-order valence-corrected chi connectivity index (χ4v) is 1.52. The van der Waals surface area contributed by atoms with Crippen LogP contribution in [0.3, 0.4) is 0 Å². The fourth-order valence-electron chi connectivity index (χ4n) is 1.52. The SMILES string of the molecule is CCC(C)OC(=O)c1cc(O)cc(C(=O)OC(C)CC)c1. The molecule has 0 aromatic heterocycles. The summed E-state index contributed by atoms with van der Waals surface area (Å²) in [5, 5.41) is 9.66. The first kappa shape index (κ1) is 17.0.